The Kier molecular flexibility index (Phi) is 5.49. The number of unbranched alkanes of at least 4 members (excludes halogenated alkanes) is 1. The maximum Gasteiger partial charge on any atom is 0.230 e. The van der Waals surface area contributed by atoms with Gasteiger partial charge in [-0.3, -0.25) is 4.79 Å². The van der Waals surface area contributed by atoms with E-state index in [1.165, 1.54) is 0 Å². The van der Waals surface area contributed by atoms with Crippen molar-refractivity contribution in [1.29, 1.82) is 0 Å². The highest BCUT2D eigenvalue weighted by Gasteiger charge is 2.28. The van der Waals surface area contributed by atoms with Crippen LogP contribution in [0.2, 0.25) is 0 Å². The molecular weight excluding hydrogens is 228 g/mol. The Labute approximate surface area is 108 Å². The summed E-state index contributed by atoms with van der Waals surface area (Å²) in [4.78, 5) is 22.0. The molecule has 0 aromatic heterocycles. The molecule has 1 aromatic rings. The largest absolute Gasteiger partial charge is 0.355 e. The van der Waals surface area contributed by atoms with Gasteiger partial charge in [0.2, 0.25) is 5.91 Å². The molecule has 98 valence electrons. The van der Waals surface area contributed by atoms with Crippen LogP contribution in [0.5, 0.6) is 0 Å². The SMILES string of the molecule is CC(C)(C(=O)NCCCCN=O)c1ccccc1. The van der Waals surface area contributed by atoms with E-state index in [0.29, 0.717) is 13.1 Å². The third-order valence-corrected chi connectivity index (χ3v) is 3.02. The Morgan fingerprint density at radius 3 is 2.50 bits per heavy atom. The molecule has 0 bridgehead atoms. The number of amides is 1. The molecule has 0 spiro atoms. The fourth-order valence-electron chi connectivity index (χ4n) is 1.71. The summed E-state index contributed by atoms with van der Waals surface area (Å²) in [6.45, 7) is 4.72. The first-order valence-corrected chi connectivity index (χ1v) is 6.22. The van der Waals surface area contributed by atoms with Gasteiger partial charge < -0.3 is 5.32 Å². The van der Waals surface area contributed by atoms with Gasteiger partial charge in [0.15, 0.2) is 0 Å². The molecule has 1 aromatic carbocycles. The van der Waals surface area contributed by atoms with Gasteiger partial charge >= 0.3 is 0 Å². The zero-order valence-electron chi connectivity index (χ0n) is 11.0. The number of carbonyl (C=O) groups is 1. The van der Waals surface area contributed by atoms with E-state index in [1.807, 2.05) is 44.2 Å². The van der Waals surface area contributed by atoms with E-state index in [0.717, 1.165) is 18.4 Å². The first-order valence-electron chi connectivity index (χ1n) is 6.22. The lowest BCUT2D eigenvalue weighted by Gasteiger charge is -2.24. The first kappa shape index (κ1) is 14.4. The summed E-state index contributed by atoms with van der Waals surface area (Å²) in [5, 5.41) is 5.68. The molecule has 0 aliphatic carbocycles. The second-order valence-corrected chi connectivity index (χ2v) is 4.81. The van der Waals surface area contributed by atoms with Crippen LogP contribution in [0.25, 0.3) is 0 Å². The summed E-state index contributed by atoms with van der Waals surface area (Å²) in [5.41, 5.74) is 0.460. The van der Waals surface area contributed by atoms with Crippen LogP contribution in [0, 0.1) is 4.91 Å². The molecule has 0 unspecified atom stereocenters. The van der Waals surface area contributed by atoms with Crippen LogP contribution in [0.1, 0.15) is 32.3 Å². The third kappa shape index (κ3) is 3.95. The molecule has 4 nitrogen and oxygen atoms in total. The fourth-order valence-corrected chi connectivity index (χ4v) is 1.71. The molecule has 0 aliphatic rings. The van der Waals surface area contributed by atoms with Crippen LogP contribution in [0.3, 0.4) is 0 Å². The lowest BCUT2D eigenvalue weighted by molar-refractivity contribution is -0.125. The Bertz CT molecular complexity index is 388. The van der Waals surface area contributed by atoms with Gasteiger partial charge in [-0.25, -0.2) is 0 Å². The monoisotopic (exact) mass is 248 g/mol. The minimum absolute atomic E-state index is 0.00719. The van der Waals surface area contributed by atoms with Crippen molar-refractivity contribution < 1.29 is 4.79 Å². The van der Waals surface area contributed by atoms with Crippen LogP contribution in [0.15, 0.2) is 35.5 Å². The van der Waals surface area contributed by atoms with E-state index in [-0.39, 0.29) is 5.91 Å². The minimum atomic E-state index is -0.538. The lowest BCUT2D eigenvalue weighted by Crippen LogP contribution is -2.40. The molecular formula is C14H20N2O2. The zero-order valence-corrected chi connectivity index (χ0v) is 11.0. The molecule has 18 heavy (non-hydrogen) atoms. The van der Waals surface area contributed by atoms with Gasteiger partial charge in [0.1, 0.15) is 0 Å². The van der Waals surface area contributed by atoms with Crippen molar-refractivity contribution in [2.45, 2.75) is 32.1 Å². The number of nitrogens with one attached hydrogen (secondary N) is 1. The van der Waals surface area contributed by atoms with Crippen LogP contribution in [0.4, 0.5) is 0 Å². The van der Waals surface area contributed by atoms with Crippen molar-refractivity contribution in [3.05, 3.63) is 40.8 Å². The Hall–Kier alpha value is -1.71. The summed E-state index contributed by atoms with van der Waals surface area (Å²) in [6, 6.07) is 9.70. The van der Waals surface area contributed by atoms with E-state index < -0.39 is 5.41 Å². The Morgan fingerprint density at radius 2 is 1.89 bits per heavy atom. The van der Waals surface area contributed by atoms with Gasteiger partial charge in [0, 0.05) is 6.54 Å². The Morgan fingerprint density at radius 1 is 1.22 bits per heavy atom. The van der Waals surface area contributed by atoms with E-state index in [4.69, 9.17) is 0 Å². The lowest BCUT2D eigenvalue weighted by atomic mass is 9.84. The quantitative estimate of drug-likeness (QED) is 0.595. The van der Waals surface area contributed by atoms with Crippen LogP contribution >= 0.6 is 0 Å². The van der Waals surface area contributed by atoms with Gasteiger partial charge in [-0.15, -0.1) is 0 Å². The van der Waals surface area contributed by atoms with Gasteiger partial charge in [-0.05, 0) is 32.3 Å². The van der Waals surface area contributed by atoms with E-state index in [2.05, 4.69) is 10.5 Å². The van der Waals surface area contributed by atoms with Gasteiger partial charge in [0.25, 0.3) is 0 Å². The molecule has 4 heteroatoms. The van der Waals surface area contributed by atoms with Crippen molar-refractivity contribution in [2.24, 2.45) is 5.18 Å². The molecule has 1 N–H and O–H groups in total. The summed E-state index contributed by atoms with van der Waals surface area (Å²) in [7, 11) is 0. The summed E-state index contributed by atoms with van der Waals surface area (Å²) in [5.74, 6) is 0.00719. The fraction of sp³-hybridized carbons (Fsp3) is 0.500. The second kappa shape index (κ2) is 6.89. The number of nitroso groups, excluding NO2 is 1. The van der Waals surface area contributed by atoms with Crippen molar-refractivity contribution in [3.8, 4) is 0 Å². The third-order valence-electron chi connectivity index (χ3n) is 3.02. The maximum atomic E-state index is 12.1. The van der Waals surface area contributed by atoms with Crippen molar-refractivity contribution in [1.82, 2.24) is 5.32 Å². The molecule has 0 atom stereocenters. The standard InChI is InChI=1S/C14H20N2O2/c1-14(2,12-8-4-3-5-9-12)13(17)15-10-6-7-11-16-18/h3-5,8-9H,6-7,10-11H2,1-2H3,(H,15,17). The first-order chi connectivity index (χ1) is 8.59. The highest BCUT2D eigenvalue weighted by atomic mass is 16.3. The Balaban J connectivity index is 2.47. The molecule has 0 radical (unpaired) electrons. The van der Waals surface area contributed by atoms with E-state index >= 15 is 0 Å². The van der Waals surface area contributed by atoms with Crippen LogP contribution in [-0.4, -0.2) is 19.0 Å². The molecule has 1 rings (SSSR count). The van der Waals surface area contributed by atoms with Gasteiger partial charge in [-0.2, -0.15) is 4.91 Å². The van der Waals surface area contributed by atoms with Crippen molar-refractivity contribution in [2.75, 3.05) is 13.1 Å². The smallest absolute Gasteiger partial charge is 0.230 e. The predicted octanol–water partition coefficient (Wildman–Crippen LogP) is 2.63. The number of rotatable bonds is 7. The number of hydrogen-bond acceptors (Lipinski definition) is 3. The van der Waals surface area contributed by atoms with Crippen LogP contribution < -0.4 is 5.32 Å². The molecule has 0 heterocycles. The second-order valence-electron chi connectivity index (χ2n) is 4.81. The molecule has 1 amide bonds. The number of carbonyl (C=O) groups excluding carboxylic acids is 1. The van der Waals surface area contributed by atoms with Crippen LogP contribution in [-0.2, 0) is 10.2 Å². The summed E-state index contributed by atoms with van der Waals surface area (Å²) in [6.07, 6.45) is 1.50. The number of benzene rings is 1. The highest BCUT2D eigenvalue weighted by Crippen LogP contribution is 2.22. The normalized spacial score (nSPS) is 11.0. The van der Waals surface area contributed by atoms with Gasteiger partial charge in [-0.1, -0.05) is 35.5 Å². The highest BCUT2D eigenvalue weighted by molar-refractivity contribution is 5.87. The average Bonchev–Trinajstić information content (AvgIpc) is 2.39. The molecule has 0 saturated heterocycles. The number of nitrogens with zero attached hydrogens (tertiary/aromatic N) is 1. The molecule has 0 saturated carbocycles. The summed E-state index contributed by atoms with van der Waals surface area (Å²) >= 11 is 0. The molecule has 0 fully saturated rings. The molecule has 0 aliphatic heterocycles. The minimum Gasteiger partial charge on any atom is -0.355 e. The van der Waals surface area contributed by atoms with Gasteiger partial charge in [0.05, 0.1) is 12.0 Å². The number of hydrogen-bond donors (Lipinski definition) is 1. The topological polar surface area (TPSA) is 58.5 Å². The maximum absolute atomic E-state index is 12.1. The van der Waals surface area contributed by atoms with E-state index in [1.54, 1.807) is 0 Å². The zero-order chi connectivity index (χ0) is 13.4. The predicted molar refractivity (Wildman–Crippen MR) is 72.4 cm³/mol. The summed E-state index contributed by atoms with van der Waals surface area (Å²) < 4.78 is 0. The van der Waals surface area contributed by atoms with Crippen molar-refractivity contribution in [3.63, 3.8) is 0 Å². The average molecular weight is 248 g/mol. The van der Waals surface area contributed by atoms with Crippen molar-refractivity contribution >= 4 is 5.91 Å². The van der Waals surface area contributed by atoms with E-state index in [9.17, 15) is 9.70 Å².